The number of hydrogen-bond donors (Lipinski definition) is 0. The standard InChI is InChI=1S/C19H17F7N2OS/c1-11-8-14(20)15(9-16(11)30(29)10-18(21,22)23)27-17(28(2)3)12-4-6-13(7-5-12)19(24,25)26/h4-9H,10H2,1-3H3. The molecule has 0 heterocycles. The summed E-state index contributed by atoms with van der Waals surface area (Å²) < 4.78 is 102. The fourth-order valence-electron chi connectivity index (χ4n) is 2.54. The summed E-state index contributed by atoms with van der Waals surface area (Å²) in [6.07, 6.45) is -9.21. The molecule has 2 aromatic rings. The minimum Gasteiger partial charge on any atom is -0.362 e. The molecular formula is C19H17F7N2OS. The van der Waals surface area contributed by atoms with Crippen molar-refractivity contribution >= 4 is 22.3 Å². The molecule has 3 nitrogen and oxygen atoms in total. The number of halogens is 7. The Morgan fingerprint density at radius 3 is 2.07 bits per heavy atom. The van der Waals surface area contributed by atoms with Crippen LogP contribution in [-0.2, 0) is 17.0 Å². The largest absolute Gasteiger partial charge is 0.416 e. The van der Waals surface area contributed by atoms with Crippen molar-refractivity contribution in [1.82, 2.24) is 4.90 Å². The zero-order valence-corrected chi connectivity index (χ0v) is 16.8. The molecular weight excluding hydrogens is 437 g/mol. The van der Waals surface area contributed by atoms with Crippen LogP contribution in [0.2, 0.25) is 0 Å². The third-order valence-electron chi connectivity index (χ3n) is 3.90. The topological polar surface area (TPSA) is 32.7 Å². The van der Waals surface area contributed by atoms with Gasteiger partial charge in [0.05, 0.1) is 16.4 Å². The molecule has 0 N–H and O–H groups in total. The van der Waals surface area contributed by atoms with E-state index in [4.69, 9.17) is 0 Å². The zero-order chi connectivity index (χ0) is 22.9. The number of benzene rings is 2. The van der Waals surface area contributed by atoms with E-state index in [0.717, 1.165) is 36.4 Å². The van der Waals surface area contributed by atoms with Gasteiger partial charge in [-0.3, -0.25) is 4.21 Å². The molecule has 0 saturated carbocycles. The van der Waals surface area contributed by atoms with Crippen molar-refractivity contribution in [3.8, 4) is 0 Å². The van der Waals surface area contributed by atoms with Crippen LogP contribution in [-0.4, -0.2) is 41.0 Å². The summed E-state index contributed by atoms with van der Waals surface area (Å²) >= 11 is 0. The van der Waals surface area contributed by atoms with Gasteiger partial charge in [-0.1, -0.05) is 12.1 Å². The summed E-state index contributed by atoms with van der Waals surface area (Å²) in [6, 6.07) is 5.85. The molecule has 0 saturated heterocycles. The quantitative estimate of drug-likeness (QED) is 0.349. The summed E-state index contributed by atoms with van der Waals surface area (Å²) in [4.78, 5) is 5.26. The lowest BCUT2D eigenvalue weighted by molar-refractivity contribution is -0.137. The lowest BCUT2D eigenvalue weighted by Crippen LogP contribution is -2.23. The van der Waals surface area contributed by atoms with Crippen molar-refractivity contribution in [2.45, 2.75) is 24.2 Å². The maximum Gasteiger partial charge on any atom is 0.416 e. The highest BCUT2D eigenvalue weighted by Crippen LogP contribution is 2.31. The first-order valence-electron chi connectivity index (χ1n) is 8.38. The van der Waals surface area contributed by atoms with Crippen molar-refractivity contribution in [3.63, 3.8) is 0 Å². The van der Waals surface area contributed by atoms with Gasteiger partial charge in [-0.15, -0.1) is 0 Å². The van der Waals surface area contributed by atoms with Crippen LogP contribution >= 0.6 is 0 Å². The molecule has 11 heteroatoms. The lowest BCUT2D eigenvalue weighted by atomic mass is 10.1. The van der Waals surface area contributed by atoms with Crippen molar-refractivity contribution in [2.24, 2.45) is 4.99 Å². The minimum atomic E-state index is -4.68. The average Bonchev–Trinajstić information content (AvgIpc) is 2.58. The van der Waals surface area contributed by atoms with Crippen LogP contribution in [0.25, 0.3) is 0 Å². The van der Waals surface area contributed by atoms with E-state index in [1.807, 2.05) is 0 Å². The first-order valence-corrected chi connectivity index (χ1v) is 9.70. The fraction of sp³-hybridized carbons (Fsp3) is 0.316. The maximum absolute atomic E-state index is 14.4. The normalized spacial score (nSPS) is 14.0. The number of nitrogens with zero attached hydrogens (tertiary/aromatic N) is 2. The summed E-state index contributed by atoms with van der Waals surface area (Å²) in [5.41, 5.74) is -0.966. The van der Waals surface area contributed by atoms with Crippen molar-refractivity contribution < 1.29 is 34.9 Å². The molecule has 0 aliphatic carbocycles. The minimum absolute atomic E-state index is 0.0648. The zero-order valence-electron chi connectivity index (χ0n) is 16.0. The SMILES string of the molecule is Cc1cc(F)c(N=C(c2ccc(C(F)(F)F)cc2)N(C)C)cc1S(=O)CC(F)(F)F. The van der Waals surface area contributed by atoms with Crippen molar-refractivity contribution in [3.05, 3.63) is 58.9 Å². The molecule has 0 aromatic heterocycles. The second-order valence-electron chi connectivity index (χ2n) is 6.58. The fourth-order valence-corrected chi connectivity index (χ4v) is 3.66. The van der Waals surface area contributed by atoms with Gasteiger partial charge >= 0.3 is 12.4 Å². The summed E-state index contributed by atoms with van der Waals surface area (Å²) in [6.45, 7) is 1.32. The van der Waals surface area contributed by atoms with E-state index < -0.39 is 40.3 Å². The van der Waals surface area contributed by atoms with Crippen LogP contribution in [0.3, 0.4) is 0 Å². The number of aryl methyl sites for hydroxylation is 1. The Morgan fingerprint density at radius 1 is 1.03 bits per heavy atom. The van der Waals surface area contributed by atoms with E-state index in [0.29, 0.717) is 0 Å². The lowest BCUT2D eigenvalue weighted by Gasteiger charge is -2.17. The Hall–Kier alpha value is -2.43. The predicted octanol–water partition coefficient (Wildman–Crippen LogP) is 5.46. The molecule has 0 fully saturated rings. The first-order chi connectivity index (χ1) is 13.7. The van der Waals surface area contributed by atoms with Gasteiger partial charge in [0.2, 0.25) is 0 Å². The summed E-state index contributed by atoms with van der Waals surface area (Å²) in [5.74, 6) is -2.40. The molecule has 0 amide bonds. The highest BCUT2D eigenvalue weighted by Gasteiger charge is 2.32. The van der Waals surface area contributed by atoms with E-state index in [1.165, 1.54) is 25.9 Å². The van der Waals surface area contributed by atoms with E-state index >= 15 is 0 Å². The van der Waals surface area contributed by atoms with Crippen LogP contribution in [0, 0.1) is 12.7 Å². The second kappa shape index (κ2) is 8.75. The average molecular weight is 454 g/mol. The van der Waals surface area contributed by atoms with Gasteiger partial charge in [0.15, 0.2) is 0 Å². The molecule has 30 heavy (non-hydrogen) atoms. The molecule has 1 atom stereocenters. The van der Waals surface area contributed by atoms with Crippen molar-refractivity contribution in [1.29, 1.82) is 0 Å². The van der Waals surface area contributed by atoms with Gasteiger partial charge in [-0.25, -0.2) is 9.38 Å². The molecule has 1 unspecified atom stereocenters. The molecule has 0 bridgehead atoms. The molecule has 2 aromatic carbocycles. The highest BCUT2D eigenvalue weighted by atomic mass is 32.2. The Labute approximate surface area is 170 Å². The molecule has 0 aliphatic heterocycles. The van der Waals surface area contributed by atoms with Gasteiger partial charge < -0.3 is 4.90 Å². The van der Waals surface area contributed by atoms with Gasteiger partial charge in [0, 0.05) is 24.6 Å². The second-order valence-corrected chi connectivity index (χ2v) is 8.00. The summed E-state index contributed by atoms with van der Waals surface area (Å²) in [5, 5.41) is 0. The smallest absolute Gasteiger partial charge is 0.362 e. The summed E-state index contributed by atoms with van der Waals surface area (Å²) in [7, 11) is 0.573. The van der Waals surface area contributed by atoms with E-state index in [9.17, 15) is 34.9 Å². The van der Waals surface area contributed by atoms with Gasteiger partial charge in [0.25, 0.3) is 0 Å². The van der Waals surface area contributed by atoms with Crippen LogP contribution in [0.1, 0.15) is 16.7 Å². The van der Waals surface area contributed by atoms with Crippen molar-refractivity contribution in [2.75, 3.05) is 19.8 Å². The number of alkyl halides is 6. The van der Waals surface area contributed by atoms with E-state index in [-0.39, 0.29) is 27.5 Å². The van der Waals surface area contributed by atoms with Crippen LogP contribution < -0.4 is 0 Å². The number of aliphatic imine (C=N–C) groups is 1. The molecule has 0 aliphatic rings. The third-order valence-corrected chi connectivity index (χ3v) is 5.42. The first kappa shape index (κ1) is 23.8. The Kier molecular flexibility index (Phi) is 6.95. The molecule has 164 valence electrons. The monoisotopic (exact) mass is 454 g/mol. The third kappa shape index (κ3) is 6.04. The maximum atomic E-state index is 14.4. The van der Waals surface area contributed by atoms with Gasteiger partial charge in [-0.05, 0) is 36.8 Å². The van der Waals surface area contributed by atoms with Gasteiger partial charge in [-0.2, -0.15) is 26.3 Å². The van der Waals surface area contributed by atoms with Crippen LogP contribution in [0.4, 0.5) is 36.4 Å². The highest BCUT2D eigenvalue weighted by molar-refractivity contribution is 7.85. The van der Waals surface area contributed by atoms with Gasteiger partial charge in [0.1, 0.15) is 23.1 Å². The molecule has 2 rings (SSSR count). The Bertz CT molecular complexity index is 965. The van der Waals surface area contributed by atoms with E-state index in [1.54, 1.807) is 0 Å². The molecule has 0 radical (unpaired) electrons. The Morgan fingerprint density at radius 2 is 1.60 bits per heavy atom. The predicted molar refractivity (Wildman–Crippen MR) is 99.8 cm³/mol. The number of rotatable bonds is 4. The molecule has 0 spiro atoms. The number of amidine groups is 1. The Balaban J connectivity index is 2.52. The van der Waals surface area contributed by atoms with E-state index in [2.05, 4.69) is 4.99 Å². The van der Waals surface area contributed by atoms with Crippen LogP contribution in [0.15, 0.2) is 46.3 Å². The number of hydrogen-bond acceptors (Lipinski definition) is 2. The van der Waals surface area contributed by atoms with Crippen LogP contribution in [0.5, 0.6) is 0 Å².